The Morgan fingerprint density at radius 3 is 2.19 bits per heavy atom. The molecule has 1 aliphatic heterocycles. The molecular formula is C11H12N2O3. The molecule has 1 heterocycles. The zero-order valence-electron chi connectivity index (χ0n) is 8.63. The van der Waals surface area contributed by atoms with Gasteiger partial charge in [0.25, 0.3) is 0 Å². The molecule has 0 aromatic heterocycles. The Bertz CT molecular complexity index is 399. The second kappa shape index (κ2) is 2.93. The highest BCUT2D eigenvalue weighted by Gasteiger charge is 2.59. The second-order valence-electron chi connectivity index (χ2n) is 4.73. The van der Waals surface area contributed by atoms with Crippen molar-refractivity contribution in [2.75, 3.05) is 6.54 Å². The SMILES string of the molecule is NC(=O)CN1C(=O)[C@H]2[C@H](C1=O)[C@@H]1C=C[C@@H]2C1. The van der Waals surface area contributed by atoms with E-state index in [4.69, 9.17) is 5.73 Å². The molecule has 3 amide bonds. The summed E-state index contributed by atoms with van der Waals surface area (Å²) in [7, 11) is 0. The van der Waals surface area contributed by atoms with Gasteiger partial charge in [0.05, 0.1) is 11.8 Å². The van der Waals surface area contributed by atoms with Crippen molar-refractivity contribution >= 4 is 17.7 Å². The number of hydrogen-bond acceptors (Lipinski definition) is 3. The average molecular weight is 220 g/mol. The highest BCUT2D eigenvalue weighted by molar-refractivity contribution is 6.08. The Hall–Kier alpha value is -1.65. The lowest BCUT2D eigenvalue weighted by Crippen LogP contribution is -2.39. The van der Waals surface area contributed by atoms with Crippen LogP contribution in [-0.2, 0) is 14.4 Å². The third kappa shape index (κ3) is 1.03. The molecule has 1 saturated carbocycles. The normalized spacial score (nSPS) is 39.6. The Balaban J connectivity index is 1.91. The van der Waals surface area contributed by atoms with E-state index < -0.39 is 5.91 Å². The first kappa shape index (κ1) is 9.57. The molecule has 3 aliphatic rings. The van der Waals surface area contributed by atoms with Gasteiger partial charge < -0.3 is 5.73 Å². The van der Waals surface area contributed by atoms with Crippen LogP contribution in [0.2, 0.25) is 0 Å². The Labute approximate surface area is 92.3 Å². The van der Waals surface area contributed by atoms with Crippen LogP contribution >= 0.6 is 0 Å². The fraction of sp³-hybridized carbons (Fsp3) is 0.545. The van der Waals surface area contributed by atoms with Crippen LogP contribution < -0.4 is 5.73 Å². The number of hydrogen-bond donors (Lipinski definition) is 1. The molecule has 84 valence electrons. The van der Waals surface area contributed by atoms with Crippen LogP contribution in [0.4, 0.5) is 0 Å². The third-order valence-corrected chi connectivity index (χ3v) is 3.88. The van der Waals surface area contributed by atoms with Crippen LogP contribution in [0, 0.1) is 23.7 Å². The number of likely N-dealkylation sites (tertiary alicyclic amines) is 1. The van der Waals surface area contributed by atoms with E-state index >= 15 is 0 Å². The Morgan fingerprint density at radius 1 is 1.25 bits per heavy atom. The molecule has 2 N–H and O–H groups in total. The lowest BCUT2D eigenvalue weighted by molar-refractivity contribution is -0.143. The van der Waals surface area contributed by atoms with Gasteiger partial charge in [-0.15, -0.1) is 0 Å². The van der Waals surface area contributed by atoms with Gasteiger partial charge in [-0.05, 0) is 18.3 Å². The minimum Gasteiger partial charge on any atom is -0.368 e. The van der Waals surface area contributed by atoms with E-state index in [0.29, 0.717) is 0 Å². The van der Waals surface area contributed by atoms with Crippen molar-refractivity contribution in [3.05, 3.63) is 12.2 Å². The van der Waals surface area contributed by atoms with Gasteiger partial charge in [-0.25, -0.2) is 0 Å². The first-order valence-corrected chi connectivity index (χ1v) is 5.41. The molecular weight excluding hydrogens is 208 g/mol. The summed E-state index contributed by atoms with van der Waals surface area (Å²) in [6, 6.07) is 0. The molecule has 3 rings (SSSR count). The summed E-state index contributed by atoms with van der Waals surface area (Å²) < 4.78 is 0. The molecule has 0 radical (unpaired) electrons. The zero-order valence-corrected chi connectivity index (χ0v) is 8.63. The predicted molar refractivity (Wildman–Crippen MR) is 53.6 cm³/mol. The van der Waals surface area contributed by atoms with E-state index in [1.807, 2.05) is 12.2 Å². The van der Waals surface area contributed by atoms with Gasteiger partial charge in [-0.2, -0.15) is 0 Å². The Morgan fingerprint density at radius 2 is 1.75 bits per heavy atom. The molecule has 16 heavy (non-hydrogen) atoms. The predicted octanol–water partition coefficient (Wildman–Crippen LogP) is -0.721. The number of primary amides is 1. The molecule has 5 heteroatoms. The summed E-state index contributed by atoms with van der Waals surface area (Å²) in [5, 5.41) is 0. The van der Waals surface area contributed by atoms with Gasteiger partial charge in [0.1, 0.15) is 6.54 Å². The van der Waals surface area contributed by atoms with Crippen molar-refractivity contribution < 1.29 is 14.4 Å². The number of fused-ring (bicyclic) bond motifs is 5. The summed E-state index contributed by atoms with van der Waals surface area (Å²) in [5.74, 6) is -1.17. The van der Waals surface area contributed by atoms with Crippen LogP contribution in [0.15, 0.2) is 12.2 Å². The molecule has 2 bridgehead atoms. The summed E-state index contributed by atoms with van der Waals surface area (Å²) >= 11 is 0. The Kier molecular flexibility index (Phi) is 1.75. The fourth-order valence-electron chi connectivity index (χ4n) is 3.28. The number of carbonyl (C=O) groups excluding carboxylic acids is 3. The van der Waals surface area contributed by atoms with Crippen LogP contribution in [0.3, 0.4) is 0 Å². The van der Waals surface area contributed by atoms with Gasteiger partial charge in [0.2, 0.25) is 17.7 Å². The van der Waals surface area contributed by atoms with Gasteiger partial charge in [-0.1, -0.05) is 12.2 Å². The van der Waals surface area contributed by atoms with Crippen molar-refractivity contribution in [2.24, 2.45) is 29.4 Å². The molecule has 0 aromatic rings. The smallest absolute Gasteiger partial charge is 0.237 e. The van der Waals surface area contributed by atoms with Crippen LogP contribution in [0.5, 0.6) is 0 Å². The van der Waals surface area contributed by atoms with Crippen molar-refractivity contribution in [3.63, 3.8) is 0 Å². The first-order chi connectivity index (χ1) is 7.59. The van der Waals surface area contributed by atoms with E-state index in [-0.39, 0.29) is 42.0 Å². The quantitative estimate of drug-likeness (QED) is 0.492. The summed E-state index contributed by atoms with van der Waals surface area (Å²) in [6.45, 7) is -0.274. The van der Waals surface area contributed by atoms with Crippen LogP contribution in [-0.4, -0.2) is 29.2 Å². The molecule has 2 fully saturated rings. The maximum atomic E-state index is 12.0. The van der Waals surface area contributed by atoms with Gasteiger partial charge in [-0.3, -0.25) is 19.3 Å². The minimum absolute atomic E-state index is 0.185. The lowest BCUT2D eigenvalue weighted by atomic mass is 9.85. The number of carbonyl (C=O) groups is 3. The molecule has 0 spiro atoms. The highest BCUT2D eigenvalue weighted by atomic mass is 16.2. The standard InChI is InChI=1S/C11H12N2O3/c12-7(14)4-13-10(15)8-5-1-2-6(3-5)9(8)11(13)16/h1-2,5-6,8-9H,3-4H2,(H2,12,14)/t5-,6-,8-,9-/m1/s1. The maximum absolute atomic E-state index is 12.0. The molecule has 0 unspecified atom stereocenters. The number of imide groups is 1. The second-order valence-corrected chi connectivity index (χ2v) is 4.73. The zero-order chi connectivity index (χ0) is 11.4. The van der Waals surface area contributed by atoms with Crippen molar-refractivity contribution in [1.29, 1.82) is 0 Å². The van der Waals surface area contributed by atoms with Gasteiger partial charge in [0.15, 0.2) is 0 Å². The third-order valence-electron chi connectivity index (χ3n) is 3.88. The van der Waals surface area contributed by atoms with E-state index in [0.717, 1.165) is 11.3 Å². The van der Waals surface area contributed by atoms with Crippen molar-refractivity contribution in [3.8, 4) is 0 Å². The molecule has 4 atom stereocenters. The van der Waals surface area contributed by atoms with E-state index in [9.17, 15) is 14.4 Å². The fourth-order valence-corrected chi connectivity index (χ4v) is 3.28. The summed E-state index contributed by atoms with van der Waals surface area (Å²) in [5.41, 5.74) is 5.03. The summed E-state index contributed by atoms with van der Waals surface area (Å²) in [6.07, 6.45) is 4.94. The number of allylic oxidation sites excluding steroid dienone is 2. The number of amides is 3. The van der Waals surface area contributed by atoms with Crippen molar-refractivity contribution in [1.82, 2.24) is 4.90 Å². The summed E-state index contributed by atoms with van der Waals surface area (Å²) in [4.78, 5) is 35.8. The monoisotopic (exact) mass is 220 g/mol. The molecule has 5 nitrogen and oxygen atoms in total. The van der Waals surface area contributed by atoms with Gasteiger partial charge >= 0.3 is 0 Å². The molecule has 2 aliphatic carbocycles. The number of rotatable bonds is 2. The molecule has 0 aromatic carbocycles. The lowest BCUT2D eigenvalue weighted by Gasteiger charge is -2.14. The van der Waals surface area contributed by atoms with Gasteiger partial charge in [0, 0.05) is 0 Å². The number of nitrogens with two attached hydrogens (primary N) is 1. The van der Waals surface area contributed by atoms with E-state index in [2.05, 4.69) is 0 Å². The molecule has 1 saturated heterocycles. The highest BCUT2D eigenvalue weighted by Crippen LogP contribution is 2.52. The average Bonchev–Trinajstić information content (AvgIpc) is 2.87. The first-order valence-electron chi connectivity index (χ1n) is 5.41. The maximum Gasteiger partial charge on any atom is 0.237 e. The number of nitrogens with zero attached hydrogens (tertiary/aromatic N) is 1. The van der Waals surface area contributed by atoms with Crippen LogP contribution in [0.1, 0.15) is 6.42 Å². The topological polar surface area (TPSA) is 80.5 Å². The minimum atomic E-state index is -0.637. The van der Waals surface area contributed by atoms with E-state index in [1.165, 1.54) is 0 Å². The van der Waals surface area contributed by atoms with Crippen LogP contribution in [0.25, 0.3) is 0 Å². The van der Waals surface area contributed by atoms with E-state index in [1.54, 1.807) is 0 Å². The van der Waals surface area contributed by atoms with Crippen molar-refractivity contribution in [2.45, 2.75) is 6.42 Å². The largest absolute Gasteiger partial charge is 0.368 e.